The van der Waals surface area contributed by atoms with Crippen LogP contribution in [0.15, 0.2) is 61.1 Å². The number of methoxy groups -OCH3 is 2. The number of hydrazone groups is 2. The minimum absolute atomic E-state index is 0.0342. The molecule has 1 aliphatic rings. The molecule has 2 aromatic carbocycles. The minimum Gasteiger partial charge on any atom is -0.504 e. The summed E-state index contributed by atoms with van der Waals surface area (Å²) in [5.74, 6) is 1.47. The number of hydrogen-bond donors (Lipinski definition) is 2. The molecule has 0 radical (unpaired) electrons. The molecule has 0 atom stereocenters. The first-order valence-corrected chi connectivity index (χ1v) is 13.1. The third-order valence-electron chi connectivity index (χ3n) is 5.45. The van der Waals surface area contributed by atoms with Crippen molar-refractivity contribution in [3.63, 3.8) is 0 Å². The largest absolute Gasteiger partial charge is 0.504 e. The van der Waals surface area contributed by atoms with Gasteiger partial charge in [-0.2, -0.15) is 24.7 Å². The predicted octanol–water partition coefficient (Wildman–Crippen LogP) is 3.14. The van der Waals surface area contributed by atoms with E-state index >= 15 is 0 Å². The summed E-state index contributed by atoms with van der Waals surface area (Å²) in [6.07, 6.45) is 3.01. The molecule has 14 heteroatoms. The zero-order chi connectivity index (χ0) is 28.0. The van der Waals surface area contributed by atoms with Crippen molar-refractivity contribution in [1.82, 2.24) is 19.4 Å². The summed E-state index contributed by atoms with van der Waals surface area (Å²) < 4.78 is 23.4. The molecule has 0 spiro atoms. The molecule has 0 saturated heterocycles. The van der Waals surface area contributed by atoms with Crippen molar-refractivity contribution >= 4 is 31.9 Å². The first-order chi connectivity index (χ1) is 18.0. The van der Waals surface area contributed by atoms with Gasteiger partial charge in [0.15, 0.2) is 23.0 Å². The van der Waals surface area contributed by atoms with E-state index in [4.69, 9.17) is 19.0 Å². The van der Waals surface area contributed by atoms with Crippen LogP contribution < -0.4 is 9.47 Å². The smallest absolute Gasteiger partial charge is 0.304 e. The van der Waals surface area contributed by atoms with Crippen LogP contribution in [0.25, 0.3) is 0 Å². The maximum Gasteiger partial charge on any atom is 0.304 e. The second kappa shape index (κ2) is 11.9. The Hall–Kier alpha value is -4.25. The number of guanidine groups is 2. The van der Waals surface area contributed by atoms with Gasteiger partial charge in [-0.1, -0.05) is 12.1 Å². The number of phenolic OH excluding ortho intramolecular Hbond substituents is 2. The Morgan fingerprint density at radius 1 is 0.737 bits per heavy atom. The molecule has 0 unspecified atom stereocenters. The van der Waals surface area contributed by atoms with Crippen LogP contribution in [0.4, 0.5) is 0 Å². The normalized spacial score (nSPS) is 14.5. The first-order valence-electron chi connectivity index (χ1n) is 11.5. The molecule has 13 nitrogen and oxygen atoms in total. The highest BCUT2D eigenvalue weighted by molar-refractivity contribution is 7.60. The van der Waals surface area contributed by atoms with Crippen LogP contribution in [0.5, 0.6) is 23.0 Å². The van der Waals surface area contributed by atoms with Gasteiger partial charge in [-0.05, 0) is 24.3 Å². The standard InChI is InChI=1S/C24H34N9O4P/c1-30(2)23-27-24(31(3)4)29-38(28-23,32(5)25-15-17-11-9-13-19(36-7)21(17)34)33(6)26-16-18-12-10-14-20(37-8)22(18)35/h9-16,34-35H,1-8H3/b25-15+,26-16+. The van der Waals surface area contributed by atoms with Gasteiger partial charge in [-0.3, -0.25) is 0 Å². The monoisotopic (exact) mass is 543 g/mol. The number of aromatic hydroxyl groups is 2. The van der Waals surface area contributed by atoms with Crippen molar-refractivity contribution in [3.8, 4) is 23.0 Å². The molecule has 1 aliphatic heterocycles. The highest BCUT2D eigenvalue weighted by atomic mass is 31.2. The molecule has 204 valence electrons. The maximum atomic E-state index is 10.5. The van der Waals surface area contributed by atoms with Crippen molar-refractivity contribution in [2.75, 3.05) is 56.5 Å². The number of ether oxygens (including phenoxy) is 2. The predicted molar refractivity (Wildman–Crippen MR) is 152 cm³/mol. The van der Waals surface area contributed by atoms with E-state index in [9.17, 15) is 10.2 Å². The summed E-state index contributed by atoms with van der Waals surface area (Å²) in [6.45, 7) is 0. The molecule has 0 aliphatic carbocycles. The fourth-order valence-corrected chi connectivity index (χ4v) is 5.51. The average Bonchev–Trinajstić information content (AvgIpc) is 2.91. The van der Waals surface area contributed by atoms with Crippen LogP contribution in [0, 0.1) is 0 Å². The van der Waals surface area contributed by atoms with Crippen LogP contribution in [0.3, 0.4) is 0 Å². The van der Waals surface area contributed by atoms with Gasteiger partial charge in [0.1, 0.15) is 0 Å². The molecule has 0 amide bonds. The van der Waals surface area contributed by atoms with Gasteiger partial charge in [0.05, 0.1) is 26.6 Å². The van der Waals surface area contributed by atoms with Gasteiger partial charge in [0, 0.05) is 53.4 Å². The molecule has 38 heavy (non-hydrogen) atoms. The van der Waals surface area contributed by atoms with Crippen LogP contribution >= 0.6 is 7.51 Å². The molecule has 3 rings (SSSR count). The van der Waals surface area contributed by atoms with Crippen LogP contribution in [-0.4, -0.2) is 110 Å². The Labute approximate surface area is 222 Å². The Balaban J connectivity index is 2.13. The van der Waals surface area contributed by atoms with Crippen molar-refractivity contribution in [2.45, 2.75) is 0 Å². The summed E-state index contributed by atoms with van der Waals surface area (Å²) in [4.78, 5) is 8.12. The average molecular weight is 544 g/mol. The van der Waals surface area contributed by atoms with Gasteiger partial charge in [-0.25, -0.2) is 9.56 Å². The lowest BCUT2D eigenvalue weighted by Gasteiger charge is -2.36. The quantitative estimate of drug-likeness (QED) is 0.295. The van der Waals surface area contributed by atoms with Gasteiger partial charge >= 0.3 is 7.51 Å². The number of phenols is 2. The molecule has 1 heterocycles. The molecule has 0 aromatic heterocycles. The fraction of sp³-hybridized carbons (Fsp3) is 0.333. The highest BCUT2D eigenvalue weighted by Crippen LogP contribution is 2.58. The molecular formula is C24H34N9O4P. The summed E-state index contributed by atoms with van der Waals surface area (Å²) >= 11 is 0. The van der Waals surface area contributed by atoms with E-state index in [1.54, 1.807) is 69.9 Å². The lowest BCUT2D eigenvalue weighted by atomic mass is 10.2. The Kier molecular flexibility index (Phi) is 8.84. The molecule has 2 N–H and O–H groups in total. The maximum absolute atomic E-state index is 10.5. The summed E-state index contributed by atoms with van der Waals surface area (Å²) in [6, 6.07) is 10.3. The Bertz CT molecular complexity index is 1260. The lowest BCUT2D eigenvalue weighted by Crippen LogP contribution is -2.32. The van der Waals surface area contributed by atoms with Crippen molar-refractivity contribution in [3.05, 3.63) is 47.5 Å². The second-order valence-corrected chi connectivity index (χ2v) is 11.1. The lowest BCUT2D eigenvalue weighted by molar-refractivity contribution is 0.373. The molecule has 0 fully saturated rings. The third kappa shape index (κ3) is 5.83. The van der Waals surface area contributed by atoms with E-state index in [0.29, 0.717) is 34.5 Å². The van der Waals surface area contributed by atoms with E-state index < -0.39 is 7.51 Å². The van der Waals surface area contributed by atoms with E-state index in [1.165, 1.54) is 26.6 Å². The number of nitrogens with zero attached hydrogens (tertiary/aromatic N) is 9. The van der Waals surface area contributed by atoms with Crippen LogP contribution in [0.1, 0.15) is 11.1 Å². The summed E-state index contributed by atoms with van der Waals surface area (Å²) in [5, 5.41) is 30.2. The van der Waals surface area contributed by atoms with E-state index in [-0.39, 0.29) is 11.5 Å². The van der Waals surface area contributed by atoms with Crippen molar-refractivity contribution in [1.29, 1.82) is 0 Å². The topological polar surface area (TPSA) is 134 Å². The van der Waals surface area contributed by atoms with Gasteiger partial charge in [-0.15, -0.1) is 0 Å². The summed E-state index contributed by atoms with van der Waals surface area (Å²) in [5.41, 5.74) is 0.911. The fourth-order valence-electron chi connectivity index (χ4n) is 3.27. The van der Waals surface area contributed by atoms with Gasteiger partial charge < -0.3 is 29.5 Å². The highest BCUT2D eigenvalue weighted by Gasteiger charge is 2.35. The molecule has 0 bridgehead atoms. The molecule has 2 aromatic rings. The van der Waals surface area contributed by atoms with Crippen LogP contribution in [0.2, 0.25) is 0 Å². The van der Waals surface area contributed by atoms with Gasteiger partial charge in [0.25, 0.3) is 0 Å². The van der Waals surface area contributed by atoms with Crippen LogP contribution in [-0.2, 0) is 0 Å². The number of hydrogen-bond acceptors (Lipinski definition) is 13. The summed E-state index contributed by atoms with van der Waals surface area (Å²) in [7, 11) is 10.7. The second-order valence-electron chi connectivity index (χ2n) is 8.50. The number of rotatable bonds is 8. The zero-order valence-corrected chi connectivity index (χ0v) is 23.7. The Morgan fingerprint density at radius 2 is 1.18 bits per heavy atom. The van der Waals surface area contributed by atoms with E-state index in [2.05, 4.69) is 15.2 Å². The minimum atomic E-state index is -3.09. The van der Waals surface area contributed by atoms with Gasteiger partial charge in [0.2, 0.25) is 11.9 Å². The van der Waals surface area contributed by atoms with Crippen molar-refractivity contribution in [2.24, 2.45) is 24.7 Å². The molecule has 0 saturated carbocycles. The number of benzene rings is 2. The zero-order valence-electron chi connectivity index (χ0n) is 22.8. The number of para-hydroxylation sites is 2. The SMILES string of the molecule is COc1cccc(/C=N/N(C)P2(N(C)/N=C/c3cccc(OC)c3O)=NC(N(C)C)=NC(N(C)C)=N2)c1O. The number of aliphatic imine (C=N–C) groups is 1. The van der Waals surface area contributed by atoms with E-state index in [0.717, 1.165) is 0 Å². The van der Waals surface area contributed by atoms with Crippen molar-refractivity contribution < 1.29 is 19.7 Å². The molecular weight excluding hydrogens is 509 g/mol. The first kappa shape index (κ1) is 28.3. The Morgan fingerprint density at radius 3 is 1.58 bits per heavy atom. The van der Waals surface area contributed by atoms with E-state index in [1.807, 2.05) is 28.2 Å². The third-order valence-corrected chi connectivity index (χ3v) is 8.11.